The van der Waals surface area contributed by atoms with Crippen molar-refractivity contribution in [1.29, 1.82) is 0 Å². The number of hydrogen-bond acceptors (Lipinski definition) is 3. The zero-order valence-corrected chi connectivity index (χ0v) is 13.4. The largest absolute Gasteiger partial charge is 0.480 e. The number of hydrogen-bond donors (Lipinski definition) is 2. The molecule has 2 aromatic rings. The van der Waals surface area contributed by atoms with E-state index in [0.29, 0.717) is 18.5 Å². The highest BCUT2D eigenvalue weighted by Gasteiger charge is 2.57. The number of rotatable bonds is 5. The Morgan fingerprint density at radius 2 is 1.96 bits per heavy atom. The summed E-state index contributed by atoms with van der Waals surface area (Å²) in [6.45, 7) is 3.63. The van der Waals surface area contributed by atoms with Crippen LogP contribution in [0.1, 0.15) is 37.1 Å². The molecular weight excluding hydrogens is 313 g/mol. The summed E-state index contributed by atoms with van der Waals surface area (Å²) in [4.78, 5) is 23.4. The Balaban J connectivity index is 1.79. The van der Waals surface area contributed by atoms with Crippen molar-refractivity contribution >= 4 is 11.9 Å². The molecule has 126 valence electrons. The number of aliphatic carboxylic acids is 1. The molecule has 1 heterocycles. The van der Waals surface area contributed by atoms with Gasteiger partial charge in [-0.25, -0.2) is 9.07 Å². The molecule has 1 aromatic heterocycles. The number of nitrogens with zero attached hydrogens (tertiary/aromatic N) is 2. The number of amides is 1. The Hall–Kier alpha value is -2.70. The average molecular weight is 331 g/mol. The van der Waals surface area contributed by atoms with Crippen molar-refractivity contribution in [1.82, 2.24) is 15.1 Å². The fourth-order valence-corrected chi connectivity index (χ4v) is 2.77. The van der Waals surface area contributed by atoms with Crippen LogP contribution in [0.2, 0.25) is 0 Å². The lowest BCUT2D eigenvalue weighted by Gasteiger charge is -2.17. The first kappa shape index (κ1) is 16.2. The van der Waals surface area contributed by atoms with E-state index >= 15 is 0 Å². The number of halogens is 1. The number of benzene rings is 1. The molecule has 3 rings (SSSR count). The Morgan fingerprint density at radius 3 is 2.50 bits per heavy atom. The van der Waals surface area contributed by atoms with Crippen molar-refractivity contribution in [2.45, 2.75) is 32.7 Å². The SMILES string of the molecule is Cc1c(C(C)NC(=O)C2(C(=O)O)CC2)cnn1-c1ccc(F)cc1. The van der Waals surface area contributed by atoms with Crippen LogP contribution in [0.3, 0.4) is 0 Å². The molecule has 1 unspecified atom stereocenters. The maximum absolute atomic E-state index is 13.0. The Morgan fingerprint density at radius 1 is 1.33 bits per heavy atom. The minimum Gasteiger partial charge on any atom is -0.480 e. The van der Waals surface area contributed by atoms with Gasteiger partial charge in [-0.15, -0.1) is 0 Å². The molecule has 1 aromatic carbocycles. The highest BCUT2D eigenvalue weighted by Crippen LogP contribution is 2.46. The highest BCUT2D eigenvalue weighted by molar-refractivity contribution is 6.04. The van der Waals surface area contributed by atoms with Gasteiger partial charge in [-0.2, -0.15) is 5.10 Å². The van der Waals surface area contributed by atoms with E-state index < -0.39 is 17.3 Å². The lowest BCUT2D eigenvalue weighted by molar-refractivity contribution is -0.149. The van der Waals surface area contributed by atoms with Gasteiger partial charge in [-0.05, 0) is 51.0 Å². The Bertz CT molecular complexity index is 794. The van der Waals surface area contributed by atoms with Gasteiger partial charge in [0.1, 0.15) is 11.2 Å². The van der Waals surface area contributed by atoms with Crippen LogP contribution in [0.4, 0.5) is 4.39 Å². The molecule has 1 atom stereocenters. The van der Waals surface area contributed by atoms with Crippen LogP contribution in [0.15, 0.2) is 30.5 Å². The number of nitrogens with one attached hydrogen (secondary N) is 1. The number of aromatic nitrogens is 2. The van der Waals surface area contributed by atoms with Crippen molar-refractivity contribution in [2.75, 3.05) is 0 Å². The topological polar surface area (TPSA) is 84.2 Å². The normalized spacial score (nSPS) is 16.5. The summed E-state index contributed by atoms with van der Waals surface area (Å²) in [5.74, 6) is -1.87. The van der Waals surface area contributed by atoms with E-state index in [4.69, 9.17) is 0 Å². The van der Waals surface area contributed by atoms with E-state index in [1.165, 1.54) is 12.1 Å². The first-order valence-corrected chi connectivity index (χ1v) is 7.70. The minimum absolute atomic E-state index is 0.326. The van der Waals surface area contributed by atoms with Crippen molar-refractivity contribution < 1.29 is 19.1 Å². The molecule has 1 amide bonds. The molecular formula is C17H18FN3O3. The lowest BCUT2D eigenvalue weighted by Crippen LogP contribution is -2.38. The van der Waals surface area contributed by atoms with Gasteiger partial charge in [0.2, 0.25) is 5.91 Å². The number of carboxylic acid groups (broad SMARTS) is 1. The second-order valence-corrected chi connectivity index (χ2v) is 6.16. The molecule has 1 fully saturated rings. The molecule has 0 saturated heterocycles. The van der Waals surface area contributed by atoms with Gasteiger partial charge < -0.3 is 10.4 Å². The molecule has 6 nitrogen and oxygen atoms in total. The summed E-state index contributed by atoms with van der Waals surface area (Å²) >= 11 is 0. The fourth-order valence-electron chi connectivity index (χ4n) is 2.77. The second kappa shape index (κ2) is 5.74. The minimum atomic E-state index is -1.27. The maximum atomic E-state index is 13.0. The summed E-state index contributed by atoms with van der Waals surface area (Å²) < 4.78 is 14.7. The third-order valence-corrected chi connectivity index (χ3v) is 4.53. The van der Waals surface area contributed by atoms with E-state index in [9.17, 15) is 19.1 Å². The average Bonchev–Trinajstić information content (AvgIpc) is 3.27. The molecule has 0 bridgehead atoms. The molecule has 0 spiro atoms. The molecule has 0 aliphatic heterocycles. The molecule has 2 N–H and O–H groups in total. The molecule has 7 heteroatoms. The third kappa shape index (κ3) is 2.66. The highest BCUT2D eigenvalue weighted by atomic mass is 19.1. The number of carbonyl (C=O) groups excluding carboxylic acids is 1. The molecule has 1 aliphatic rings. The second-order valence-electron chi connectivity index (χ2n) is 6.16. The molecule has 24 heavy (non-hydrogen) atoms. The van der Waals surface area contributed by atoms with Gasteiger partial charge in [0.15, 0.2) is 0 Å². The summed E-state index contributed by atoms with van der Waals surface area (Å²) in [5.41, 5.74) is 1.03. The van der Waals surface area contributed by atoms with Crippen LogP contribution in [0, 0.1) is 18.2 Å². The third-order valence-electron chi connectivity index (χ3n) is 4.53. The van der Waals surface area contributed by atoms with E-state index in [2.05, 4.69) is 10.4 Å². The Kier molecular flexibility index (Phi) is 3.87. The van der Waals surface area contributed by atoms with Crippen molar-refractivity contribution in [2.24, 2.45) is 5.41 Å². The monoisotopic (exact) mass is 331 g/mol. The maximum Gasteiger partial charge on any atom is 0.319 e. The molecule has 1 aliphatic carbocycles. The van der Waals surface area contributed by atoms with Gasteiger partial charge in [-0.1, -0.05) is 0 Å². The molecule has 1 saturated carbocycles. The summed E-state index contributed by atoms with van der Waals surface area (Å²) in [6.07, 6.45) is 2.37. The van der Waals surface area contributed by atoms with E-state index in [0.717, 1.165) is 11.3 Å². The fraction of sp³-hybridized carbons (Fsp3) is 0.353. The summed E-state index contributed by atoms with van der Waals surface area (Å²) in [7, 11) is 0. The van der Waals surface area contributed by atoms with Crippen LogP contribution in [0.5, 0.6) is 0 Å². The zero-order chi connectivity index (χ0) is 17.5. The quantitative estimate of drug-likeness (QED) is 0.824. The van der Waals surface area contributed by atoms with Crippen molar-refractivity contribution in [3.63, 3.8) is 0 Å². The van der Waals surface area contributed by atoms with E-state index in [-0.39, 0.29) is 11.9 Å². The van der Waals surface area contributed by atoms with E-state index in [1.54, 1.807) is 29.9 Å². The van der Waals surface area contributed by atoms with Crippen molar-refractivity contribution in [3.05, 3.63) is 47.5 Å². The van der Waals surface area contributed by atoms with Gasteiger partial charge >= 0.3 is 5.97 Å². The van der Waals surface area contributed by atoms with Crippen LogP contribution in [-0.2, 0) is 9.59 Å². The van der Waals surface area contributed by atoms with Gasteiger partial charge in [0.05, 0.1) is 17.9 Å². The zero-order valence-electron chi connectivity index (χ0n) is 13.4. The molecule has 0 radical (unpaired) electrons. The van der Waals surface area contributed by atoms with Gasteiger partial charge in [-0.3, -0.25) is 9.59 Å². The standard InChI is InChI=1S/C17H18FN3O3/c1-10(20-15(22)17(7-8-17)16(23)24)14-9-19-21(11(14)2)13-5-3-12(18)4-6-13/h3-6,9-10H,7-8H2,1-2H3,(H,20,22)(H,23,24). The van der Waals surface area contributed by atoms with Crippen LogP contribution >= 0.6 is 0 Å². The number of carbonyl (C=O) groups is 2. The Labute approximate surface area is 138 Å². The first-order valence-electron chi connectivity index (χ1n) is 7.70. The van der Waals surface area contributed by atoms with Crippen molar-refractivity contribution in [3.8, 4) is 5.69 Å². The van der Waals surface area contributed by atoms with Crippen LogP contribution < -0.4 is 5.32 Å². The van der Waals surface area contributed by atoms with Gasteiger partial charge in [0.25, 0.3) is 0 Å². The smallest absolute Gasteiger partial charge is 0.319 e. The van der Waals surface area contributed by atoms with Crippen LogP contribution in [0.25, 0.3) is 5.69 Å². The number of carboxylic acids is 1. The van der Waals surface area contributed by atoms with Gasteiger partial charge in [0, 0.05) is 11.3 Å². The lowest BCUT2D eigenvalue weighted by atomic mass is 10.0. The summed E-state index contributed by atoms with van der Waals surface area (Å²) in [5, 5.41) is 16.2. The summed E-state index contributed by atoms with van der Waals surface area (Å²) in [6, 6.07) is 5.57. The van der Waals surface area contributed by atoms with E-state index in [1.807, 2.05) is 6.92 Å². The van der Waals surface area contributed by atoms with Crippen LogP contribution in [-0.4, -0.2) is 26.8 Å². The first-order chi connectivity index (χ1) is 11.3. The predicted octanol–water partition coefficient (Wildman–Crippen LogP) is 2.36. The predicted molar refractivity (Wildman–Crippen MR) is 84.1 cm³/mol.